The number of halogens is 2. The maximum absolute atomic E-state index is 12.6. The highest BCUT2D eigenvalue weighted by Gasteiger charge is 2.43. The van der Waals surface area contributed by atoms with E-state index in [9.17, 15) is 4.79 Å². The van der Waals surface area contributed by atoms with Crippen molar-refractivity contribution in [2.24, 2.45) is 15.9 Å². The molecule has 2 heterocycles. The van der Waals surface area contributed by atoms with Gasteiger partial charge in [0.1, 0.15) is 23.1 Å². The van der Waals surface area contributed by atoms with Crippen LogP contribution in [0, 0.1) is 5.92 Å². The summed E-state index contributed by atoms with van der Waals surface area (Å²) < 4.78 is 17.4. The van der Waals surface area contributed by atoms with Gasteiger partial charge in [0, 0.05) is 98.1 Å². The monoisotopic (exact) mass is 820 g/mol. The number of allylic oxidation sites excluding steroid dienone is 10. The zero-order chi connectivity index (χ0) is 41.8. The third kappa shape index (κ3) is 11.0. The van der Waals surface area contributed by atoms with Crippen molar-refractivity contribution in [3.63, 3.8) is 0 Å². The first-order valence-electron chi connectivity index (χ1n) is 19.9. The van der Waals surface area contributed by atoms with Crippen LogP contribution in [-0.2, 0) is 19.0 Å². The highest BCUT2D eigenvalue weighted by Crippen LogP contribution is 2.39. The molecule has 3 unspecified atom stereocenters. The minimum atomic E-state index is -0.309. The number of amidine groups is 1. The topological polar surface area (TPSA) is 91.2 Å². The van der Waals surface area contributed by atoms with Crippen molar-refractivity contribution in [2.45, 2.75) is 91.3 Å². The first-order valence-corrected chi connectivity index (χ1v) is 20.7. The molecule has 1 amide bonds. The number of amides is 1. The largest absolute Gasteiger partial charge is 0.496 e. The molecule has 310 valence electrons. The molecule has 3 atom stereocenters. The van der Waals surface area contributed by atoms with Crippen LogP contribution in [0.5, 0.6) is 0 Å². The van der Waals surface area contributed by atoms with Gasteiger partial charge in [-0.25, -0.2) is 0 Å². The van der Waals surface area contributed by atoms with Crippen molar-refractivity contribution in [3.05, 3.63) is 117 Å². The molecule has 4 aliphatic rings. The van der Waals surface area contributed by atoms with Gasteiger partial charge in [-0.1, -0.05) is 67.6 Å². The Kier molecular flexibility index (Phi) is 17.1. The number of carbonyl (C=O) groups is 1. The van der Waals surface area contributed by atoms with Crippen LogP contribution in [-0.4, -0.2) is 98.3 Å². The third-order valence-electron chi connectivity index (χ3n) is 11.2. The molecule has 1 N–H and O–H groups in total. The summed E-state index contributed by atoms with van der Waals surface area (Å²) in [5.74, 6) is 1.82. The average molecular weight is 822 g/mol. The lowest BCUT2D eigenvalue weighted by Crippen LogP contribution is -2.57. The van der Waals surface area contributed by atoms with Gasteiger partial charge in [0.15, 0.2) is 0 Å². The minimum Gasteiger partial charge on any atom is -0.496 e. The highest BCUT2D eigenvalue weighted by atomic mass is 35.5. The van der Waals surface area contributed by atoms with E-state index in [4.69, 9.17) is 47.4 Å². The summed E-state index contributed by atoms with van der Waals surface area (Å²) >= 11 is 13.6. The van der Waals surface area contributed by atoms with Gasteiger partial charge in [-0.15, -0.1) is 0 Å². The van der Waals surface area contributed by atoms with Crippen LogP contribution in [0.3, 0.4) is 0 Å². The molecule has 2 aliphatic carbocycles. The SMILES string of the molecule is C=CC(=O)N/C(C)=C(/C=C(OC)\C(=C/C)C(=C)N=C/C(C=C)=C(\C)N(C)C(CC1C=C(Cl)C(OC)=CC(OCC)=C1Cl)=NCC)N1C2CCC1CN(C1CCC1)C2. The number of fused-ring (bicyclic) bond motifs is 2. The number of piperazine rings is 1. The van der Waals surface area contributed by atoms with Crippen LogP contribution in [0.25, 0.3) is 0 Å². The fourth-order valence-electron chi connectivity index (χ4n) is 7.80. The predicted octanol–water partition coefficient (Wildman–Crippen LogP) is 9.25. The molecule has 4 rings (SSSR count). The van der Waals surface area contributed by atoms with E-state index in [1.807, 2.05) is 64.8 Å². The summed E-state index contributed by atoms with van der Waals surface area (Å²) in [4.78, 5) is 29.4. The van der Waals surface area contributed by atoms with Gasteiger partial charge in [-0.05, 0) is 66.4 Å². The Hall–Kier alpha value is -4.25. The Morgan fingerprint density at radius 2 is 1.75 bits per heavy atom. The Balaban J connectivity index is 1.62. The van der Waals surface area contributed by atoms with E-state index in [2.05, 4.69) is 34.9 Å². The maximum atomic E-state index is 12.6. The number of hydrogen-bond acceptors (Lipinski definition) is 8. The molecule has 12 heteroatoms. The average Bonchev–Trinajstić information content (AvgIpc) is 3.36. The lowest BCUT2D eigenvalue weighted by atomic mass is 9.90. The zero-order valence-electron chi connectivity index (χ0n) is 35.2. The molecule has 2 saturated heterocycles. The number of likely N-dealkylation sites (tertiary alicyclic amines) is 1. The molecular weight excluding hydrogens is 759 g/mol. The minimum absolute atomic E-state index is 0.254. The van der Waals surface area contributed by atoms with Gasteiger partial charge in [-0.2, -0.15) is 0 Å². The number of ether oxygens (including phenoxy) is 3. The summed E-state index contributed by atoms with van der Waals surface area (Å²) in [6, 6.07) is 1.38. The molecule has 1 saturated carbocycles. The van der Waals surface area contributed by atoms with Gasteiger partial charge in [0.25, 0.3) is 0 Å². The van der Waals surface area contributed by atoms with Crippen LogP contribution in [0.15, 0.2) is 127 Å². The molecular formula is C45H62Cl2N6O4. The number of methoxy groups -OCH3 is 2. The van der Waals surface area contributed by atoms with E-state index in [1.165, 1.54) is 25.3 Å². The second-order valence-corrected chi connectivity index (χ2v) is 15.3. The van der Waals surface area contributed by atoms with E-state index < -0.39 is 0 Å². The Bertz CT molecular complexity index is 1810. The highest BCUT2D eigenvalue weighted by molar-refractivity contribution is 6.33. The van der Waals surface area contributed by atoms with E-state index in [0.29, 0.717) is 70.7 Å². The lowest BCUT2D eigenvalue weighted by Gasteiger charge is -2.48. The Labute approximate surface area is 351 Å². The second-order valence-electron chi connectivity index (χ2n) is 14.5. The van der Waals surface area contributed by atoms with Crippen molar-refractivity contribution in [2.75, 3.05) is 47.5 Å². The van der Waals surface area contributed by atoms with Crippen LogP contribution in [0.4, 0.5) is 0 Å². The van der Waals surface area contributed by atoms with E-state index in [-0.39, 0.29) is 11.8 Å². The molecule has 2 aliphatic heterocycles. The van der Waals surface area contributed by atoms with Crippen LogP contribution in [0.1, 0.15) is 73.1 Å². The standard InChI is InChI=1S/C45H62Cl2N6O4/c1-12-32(31(8)51(9)43(48-15-4)23-33-22-38(46)41(56-11)25-42(45(33)47)57-16-5)26-49-29(6)37(13-2)40(55-10)24-39(30(7)50-44(54)14-3)53-35-20-21-36(53)28-52(27-35)34-18-17-19-34/h12-14,22,24-26,33-36H,1,3,6,15-21,23,27-28H2,2,4-5,7-11H3,(H,50,54)/b32-31+,37-13-,39-30-,40-24+,48-43?,49-26?. The molecule has 2 bridgehead atoms. The first-order chi connectivity index (χ1) is 27.3. The quantitative estimate of drug-likeness (QED) is 0.0485. The van der Waals surface area contributed by atoms with Crippen LogP contribution < -0.4 is 5.32 Å². The molecule has 0 aromatic heterocycles. The molecule has 0 spiro atoms. The molecule has 57 heavy (non-hydrogen) atoms. The summed E-state index contributed by atoms with van der Waals surface area (Å²) in [5, 5.41) is 3.99. The second kappa shape index (κ2) is 21.5. The zero-order valence-corrected chi connectivity index (χ0v) is 36.7. The normalized spacial score (nSPS) is 23.2. The van der Waals surface area contributed by atoms with E-state index in [0.717, 1.165) is 60.0 Å². The third-order valence-corrected chi connectivity index (χ3v) is 11.9. The van der Waals surface area contributed by atoms with Crippen molar-refractivity contribution in [3.8, 4) is 0 Å². The Morgan fingerprint density at radius 3 is 2.28 bits per heavy atom. The van der Waals surface area contributed by atoms with Crippen LogP contribution in [0.2, 0.25) is 0 Å². The smallest absolute Gasteiger partial charge is 0.247 e. The van der Waals surface area contributed by atoms with Gasteiger partial charge in [0.2, 0.25) is 5.91 Å². The van der Waals surface area contributed by atoms with Crippen molar-refractivity contribution in [1.82, 2.24) is 20.0 Å². The van der Waals surface area contributed by atoms with Crippen molar-refractivity contribution in [1.29, 1.82) is 0 Å². The summed E-state index contributed by atoms with van der Waals surface area (Å²) in [6.45, 7) is 24.9. The number of aliphatic imine (C=N–C) groups is 2. The molecule has 0 aromatic rings. The number of nitrogens with one attached hydrogen (secondary N) is 1. The maximum Gasteiger partial charge on any atom is 0.247 e. The number of hydrogen-bond donors (Lipinski definition) is 1. The fourth-order valence-corrected chi connectivity index (χ4v) is 8.34. The molecule has 3 fully saturated rings. The van der Waals surface area contributed by atoms with Gasteiger partial charge in [0.05, 0.1) is 42.3 Å². The van der Waals surface area contributed by atoms with E-state index in [1.54, 1.807) is 32.6 Å². The lowest BCUT2D eigenvalue weighted by molar-refractivity contribution is -0.115. The fraction of sp³-hybridized carbons (Fsp3) is 0.489. The molecule has 10 nitrogen and oxygen atoms in total. The number of carbonyl (C=O) groups excluding carboxylic acids is 1. The summed E-state index contributed by atoms with van der Waals surface area (Å²) in [5.41, 5.74) is 4.56. The summed E-state index contributed by atoms with van der Waals surface area (Å²) in [6.07, 6.45) is 18.9. The van der Waals surface area contributed by atoms with Crippen molar-refractivity contribution < 1.29 is 19.0 Å². The first kappa shape index (κ1) is 45.5. The number of rotatable bonds is 18. The van der Waals surface area contributed by atoms with E-state index >= 15 is 0 Å². The van der Waals surface area contributed by atoms with Crippen molar-refractivity contribution >= 4 is 41.2 Å². The Morgan fingerprint density at radius 1 is 1.07 bits per heavy atom. The summed E-state index contributed by atoms with van der Waals surface area (Å²) in [7, 11) is 5.17. The molecule has 0 radical (unpaired) electrons. The van der Waals surface area contributed by atoms with Gasteiger partial charge >= 0.3 is 0 Å². The van der Waals surface area contributed by atoms with Crippen LogP contribution >= 0.6 is 23.2 Å². The van der Waals surface area contributed by atoms with Gasteiger partial charge < -0.3 is 29.3 Å². The molecule has 0 aromatic carbocycles. The van der Waals surface area contributed by atoms with Gasteiger partial charge in [-0.3, -0.25) is 19.7 Å². The predicted molar refractivity (Wildman–Crippen MR) is 236 cm³/mol. The number of nitrogens with zero attached hydrogens (tertiary/aromatic N) is 5.